The van der Waals surface area contributed by atoms with E-state index >= 15 is 0 Å². The number of hydrogen-bond donors (Lipinski definition) is 1. The molecule has 2 heterocycles. The molecule has 7 heteroatoms. The topological polar surface area (TPSA) is 85.8 Å². The van der Waals surface area contributed by atoms with E-state index in [9.17, 15) is 4.79 Å². The third-order valence-electron chi connectivity index (χ3n) is 3.65. The number of amides is 1. The maximum atomic E-state index is 12.1. The van der Waals surface area contributed by atoms with E-state index in [-0.39, 0.29) is 11.9 Å². The molecule has 1 saturated carbocycles. The molecule has 0 saturated heterocycles. The van der Waals surface area contributed by atoms with Crippen molar-refractivity contribution in [3.05, 3.63) is 30.2 Å². The van der Waals surface area contributed by atoms with Crippen molar-refractivity contribution in [3.8, 4) is 0 Å². The van der Waals surface area contributed by atoms with Crippen LogP contribution in [-0.2, 0) is 0 Å². The molecule has 20 heavy (non-hydrogen) atoms. The van der Waals surface area contributed by atoms with Crippen LogP contribution in [-0.4, -0.2) is 25.8 Å². The highest BCUT2D eigenvalue weighted by molar-refractivity contribution is 5.92. The zero-order valence-corrected chi connectivity index (χ0v) is 11.3. The summed E-state index contributed by atoms with van der Waals surface area (Å²) in [7, 11) is 0. The standard InChI is InChI=1S/C13H17N5O2/c1-9(12-14-8-20-17-12)15-13(19)11-6-7-18(16-11)10-4-2-3-5-10/h6-10H,2-5H2,1H3,(H,15,19)/t9-/m1/s1. The SMILES string of the molecule is C[C@@H](NC(=O)c1ccn(C2CCCC2)n1)c1ncon1. The third kappa shape index (κ3) is 2.56. The summed E-state index contributed by atoms with van der Waals surface area (Å²) in [6.45, 7) is 1.80. The molecule has 2 aromatic heterocycles. The minimum Gasteiger partial charge on any atom is -0.343 e. The predicted octanol–water partition coefficient (Wildman–Crippen LogP) is 1.87. The molecule has 0 spiro atoms. The first-order valence-electron chi connectivity index (χ1n) is 6.86. The van der Waals surface area contributed by atoms with Gasteiger partial charge in [-0.15, -0.1) is 0 Å². The summed E-state index contributed by atoms with van der Waals surface area (Å²) in [5.74, 6) is 0.229. The molecule has 0 aliphatic heterocycles. The van der Waals surface area contributed by atoms with Crippen molar-refractivity contribution >= 4 is 5.91 Å². The fourth-order valence-corrected chi connectivity index (χ4v) is 2.54. The molecular formula is C13H17N5O2. The van der Waals surface area contributed by atoms with Crippen LogP contribution in [0.4, 0.5) is 0 Å². The Bertz CT molecular complexity index is 571. The maximum absolute atomic E-state index is 12.1. The molecule has 1 fully saturated rings. The second-order valence-corrected chi connectivity index (χ2v) is 5.10. The van der Waals surface area contributed by atoms with Crippen molar-refractivity contribution in [1.29, 1.82) is 0 Å². The smallest absolute Gasteiger partial charge is 0.272 e. The molecule has 3 rings (SSSR count). The van der Waals surface area contributed by atoms with Gasteiger partial charge in [-0.05, 0) is 25.8 Å². The zero-order valence-electron chi connectivity index (χ0n) is 11.3. The van der Waals surface area contributed by atoms with E-state index in [1.54, 1.807) is 13.0 Å². The Kier molecular flexibility index (Phi) is 3.49. The van der Waals surface area contributed by atoms with Crippen molar-refractivity contribution in [2.24, 2.45) is 0 Å². The minimum atomic E-state index is -0.308. The summed E-state index contributed by atoms with van der Waals surface area (Å²) in [6.07, 6.45) is 7.88. The first-order valence-corrected chi connectivity index (χ1v) is 6.86. The van der Waals surface area contributed by atoms with Gasteiger partial charge in [0.2, 0.25) is 6.39 Å². The summed E-state index contributed by atoms with van der Waals surface area (Å²) in [5, 5.41) is 10.9. The highest BCUT2D eigenvalue weighted by Gasteiger charge is 2.20. The summed E-state index contributed by atoms with van der Waals surface area (Å²) in [6, 6.07) is 1.88. The Balaban J connectivity index is 1.65. The predicted molar refractivity (Wildman–Crippen MR) is 69.9 cm³/mol. The Hall–Kier alpha value is -2.18. The lowest BCUT2D eigenvalue weighted by atomic mass is 10.3. The highest BCUT2D eigenvalue weighted by Crippen LogP contribution is 2.28. The number of nitrogens with one attached hydrogen (secondary N) is 1. The van der Waals surface area contributed by atoms with Gasteiger partial charge in [-0.25, -0.2) is 0 Å². The monoisotopic (exact) mass is 275 g/mol. The van der Waals surface area contributed by atoms with E-state index in [1.807, 2.05) is 10.9 Å². The van der Waals surface area contributed by atoms with E-state index in [1.165, 1.54) is 19.2 Å². The number of aromatic nitrogens is 4. The normalized spacial score (nSPS) is 17.2. The van der Waals surface area contributed by atoms with E-state index in [0.717, 1.165) is 12.8 Å². The van der Waals surface area contributed by atoms with E-state index < -0.39 is 0 Å². The van der Waals surface area contributed by atoms with Crippen LogP contribution in [0.25, 0.3) is 0 Å². The van der Waals surface area contributed by atoms with Crippen LogP contribution in [0.5, 0.6) is 0 Å². The van der Waals surface area contributed by atoms with Crippen LogP contribution >= 0.6 is 0 Å². The Morgan fingerprint density at radius 2 is 2.30 bits per heavy atom. The number of nitrogens with zero attached hydrogens (tertiary/aromatic N) is 4. The summed E-state index contributed by atoms with van der Waals surface area (Å²) in [4.78, 5) is 16.0. The van der Waals surface area contributed by atoms with Gasteiger partial charge in [0.05, 0.1) is 12.1 Å². The van der Waals surface area contributed by atoms with Crippen molar-refractivity contribution in [1.82, 2.24) is 25.2 Å². The van der Waals surface area contributed by atoms with Crippen molar-refractivity contribution in [2.75, 3.05) is 0 Å². The van der Waals surface area contributed by atoms with Crippen LogP contribution in [0, 0.1) is 0 Å². The average molecular weight is 275 g/mol. The second kappa shape index (κ2) is 5.44. The van der Waals surface area contributed by atoms with Crippen LogP contribution in [0.3, 0.4) is 0 Å². The molecular weight excluding hydrogens is 258 g/mol. The van der Waals surface area contributed by atoms with E-state index in [0.29, 0.717) is 17.6 Å². The molecule has 1 aliphatic carbocycles. The van der Waals surface area contributed by atoms with Gasteiger partial charge < -0.3 is 9.84 Å². The van der Waals surface area contributed by atoms with Crippen molar-refractivity contribution in [3.63, 3.8) is 0 Å². The number of carbonyl (C=O) groups is 1. The van der Waals surface area contributed by atoms with Crippen molar-refractivity contribution in [2.45, 2.75) is 44.7 Å². The molecule has 1 aliphatic rings. The molecule has 1 amide bonds. The van der Waals surface area contributed by atoms with Crippen LogP contribution in [0.2, 0.25) is 0 Å². The third-order valence-corrected chi connectivity index (χ3v) is 3.65. The van der Waals surface area contributed by atoms with Gasteiger partial charge in [0.1, 0.15) is 5.69 Å². The molecule has 0 radical (unpaired) electrons. The lowest BCUT2D eigenvalue weighted by Gasteiger charge is -2.10. The fraction of sp³-hybridized carbons (Fsp3) is 0.538. The number of rotatable bonds is 4. The van der Waals surface area contributed by atoms with Gasteiger partial charge in [-0.3, -0.25) is 9.48 Å². The second-order valence-electron chi connectivity index (χ2n) is 5.10. The lowest BCUT2D eigenvalue weighted by molar-refractivity contribution is 0.0931. The van der Waals surface area contributed by atoms with E-state index in [2.05, 4.69) is 25.1 Å². The largest absolute Gasteiger partial charge is 0.343 e. The number of hydrogen-bond acceptors (Lipinski definition) is 5. The molecule has 0 unspecified atom stereocenters. The highest BCUT2D eigenvalue weighted by atomic mass is 16.5. The first-order chi connectivity index (χ1) is 9.74. The molecule has 1 atom stereocenters. The molecule has 1 N–H and O–H groups in total. The van der Waals surface area contributed by atoms with Crippen LogP contribution < -0.4 is 5.32 Å². The summed E-state index contributed by atoms with van der Waals surface area (Å²) < 4.78 is 6.57. The molecule has 106 valence electrons. The minimum absolute atomic E-state index is 0.223. The van der Waals surface area contributed by atoms with Crippen LogP contribution in [0.15, 0.2) is 23.2 Å². The van der Waals surface area contributed by atoms with Gasteiger partial charge in [0, 0.05) is 6.20 Å². The summed E-state index contributed by atoms with van der Waals surface area (Å²) in [5.41, 5.74) is 0.423. The lowest BCUT2D eigenvalue weighted by Crippen LogP contribution is -2.28. The Morgan fingerprint density at radius 1 is 1.50 bits per heavy atom. The fourth-order valence-electron chi connectivity index (χ4n) is 2.54. The zero-order chi connectivity index (χ0) is 13.9. The van der Waals surface area contributed by atoms with Crippen molar-refractivity contribution < 1.29 is 9.32 Å². The quantitative estimate of drug-likeness (QED) is 0.920. The molecule has 0 bridgehead atoms. The van der Waals surface area contributed by atoms with E-state index in [4.69, 9.17) is 0 Å². The van der Waals surface area contributed by atoms with Gasteiger partial charge in [0.25, 0.3) is 5.91 Å². The van der Waals surface area contributed by atoms with Gasteiger partial charge in [0.15, 0.2) is 5.82 Å². The van der Waals surface area contributed by atoms with Gasteiger partial charge in [-0.1, -0.05) is 18.0 Å². The Labute approximate surface area is 116 Å². The van der Waals surface area contributed by atoms with Gasteiger partial charge >= 0.3 is 0 Å². The molecule has 2 aromatic rings. The first kappa shape index (κ1) is 12.8. The molecule has 7 nitrogen and oxygen atoms in total. The van der Waals surface area contributed by atoms with Gasteiger partial charge in [-0.2, -0.15) is 10.1 Å². The average Bonchev–Trinajstić information content (AvgIpc) is 3.19. The maximum Gasteiger partial charge on any atom is 0.272 e. The number of carbonyl (C=O) groups excluding carboxylic acids is 1. The molecule has 0 aromatic carbocycles. The Morgan fingerprint density at radius 3 is 3.00 bits per heavy atom. The van der Waals surface area contributed by atoms with Crippen LogP contribution in [0.1, 0.15) is 61.0 Å². The summed E-state index contributed by atoms with van der Waals surface area (Å²) >= 11 is 0.